The van der Waals surface area contributed by atoms with E-state index in [-0.39, 0.29) is 49.1 Å². The molecule has 5 rings (SSSR count). The fourth-order valence-corrected chi connectivity index (χ4v) is 6.39. The number of piperidine rings is 1. The first-order valence-corrected chi connectivity index (χ1v) is 16.3. The number of hydrogen-bond acceptors (Lipinski definition) is 8. The van der Waals surface area contributed by atoms with Crippen molar-refractivity contribution in [3.63, 3.8) is 0 Å². The first-order chi connectivity index (χ1) is 22.4. The summed E-state index contributed by atoms with van der Waals surface area (Å²) in [7, 11) is 1.69. The molecule has 0 spiro atoms. The van der Waals surface area contributed by atoms with E-state index in [1.165, 1.54) is 4.57 Å². The van der Waals surface area contributed by atoms with Crippen LogP contribution in [0.1, 0.15) is 70.0 Å². The quantitative estimate of drug-likeness (QED) is 0.260. The fraction of sp³-hybridized carbons (Fsp3) is 0.514. The van der Waals surface area contributed by atoms with Gasteiger partial charge in [0, 0.05) is 45.6 Å². The summed E-state index contributed by atoms with van der Waals surface area (Å²) in [6, 6.07) is 14.5. The second kappa shape index (κ2) is 14.5. The number of carbonyl (C=O) groups is 4. The molecule has 0 saturated carbocycles. The number of carbonyl (C=O) groups excluding carboxylic acids is 4. The van der Waals surface area contributed by atoms with Gasteiger partial charge in [-0.2, -0.15) is 0 Å². The van der Waals surface area contributed by atoms with E-state index >= 15 is 0 Å². The van der Waals surface area contributed by atoms with Crippen LogP contribution in [-0.2, 0) is 43.9 Å². The van der Waals surface area contributed by atoms with Gasteiger partial charge in [-0.15, -0.1) is 0 Å². The average Bonchev–Trinajstić information content (AvgIpc) is 3.27. The summed E-state index contributed by atoms with van der Waals surface area (Å²) in [5, 5.41) is 2.34. The molecule has 0 radical (unpaired) electrons. The third-order valence-electron chi connectivity index (χ3n) is 8.72. The zero-order valence-electron chi connectivity index (χ0n) is 27.7. The van der Waals surface area contributed by atoms with Crippen LogP contribution in [0.4, 0.5) is 4.79 Å². The molecule has 2 saturated heterocycles. The molecular weight excluding hydrogens is 602 g/mol. The number of rotatable bonds is 10. The summed E-state index contributed by atoms with van der Waals surface area (Å²) >= 11 is 0. The highest BCUT2D eigenvalue weighted by Gasteiger charge is 2.33. The van der Waals surface area contributed by atoms with Crippen molar-refractivity contribution in [2.75, 3.05) is 26.2 Å². The van der Waals surface area contributed by atoms with Crippen molar-refractivity contribution in [1.29, 1.82) is 0 Å². The molecule has 12 heteroatoms. The number of aromatic nitrogens is 2. The summed E-state index contributed by atoms with van der Waals surface area (Å²) in [4.78, 5) is 67.0. The Morgan fingerprint density at radius 1 is 0.979 bits per heavy atom. The van der Waals surface area contributed by atoms with Crippen molar-refractivity contribution in [2.24, 2.45) is 7.05 Å². The van der Waals surface area contributed by atoms with Gasteiger partial charge in [0.25, 0.3) is 0 Å². The summed E-state index contributed by atoms with van der Waals surface area (Å²) in [6.45, 7) is 8.30. The lowest BCUT2D eigenvalue weighted by atomic mass is 10.0. The number of aryl methyl sites for hydroxylation is 2. The van der Waals surface area contributed by atoms with Crippen molar-refractivity contribution in [2.45, 2.75) is 83.6 Å². The van der Waals surface area contributed by atoms with Crippen LogP contribution in [0.5, 0.6) is 0 Å². The number of ether oxygens (including phenoxy) is 2. The van der Waals surface area contributed by atoms with Crippen LogP contribution in [0.15, 0.2) is 53.3 Å². The van der Waals surface area contributed by atoms with E-state index < -0.39 is 17.6 Å². The highest BCUT2D eigenvalue weighted by atomic mass is 16.6. The monoisotopic (exact) mass is 647 g/mol. The highest BCUT2D eigenvalue weighted by molar-refractivity contribution is 6.00. The van der Waals surface area contributed by atoms with E-state index in [0.29, 0.717) is 38.0 Å². The molecule has 3 aromatic rings. The van der Waals surface area contributed by atoms with Crippen LogP contribution in [-0.4, -0.2) is 80.6 Å². The smallest absolute Gasteiger partial charge is 0.410 e. The molecule has 2 fully saturated rings. The number of imidazole rings is 1. The van der Waals surface area contributed by atoms with Crippen LogP contribution in [0, 0.1) is 0 Å². The molecule has 0 aliphatic carbocycles. The van der Waals surface area contributed by atoms with Crippen LogP contribution in [0.25, 0.3) is 11.0 Å². The molecule has 12 nitrogen and oxygen atoms in total. The maximum atomic E-state index is 13.2. The van der Waals surface area contributed by atoms with Crippen molar-refractivity contribution in [3.05, 3.63) is 70.1 Å². The summed E-state index contributed by atoms with van der Waals surface area (Å²) in [5.41, 5.74) is 2.52. The summed E-state index contributed by atoms with van der Waals surface area (Å²) in [6.07, 6.45) is 2.41. The van der Waals surface area contributed by atoms with Crippen LogP contribution in [0.2, 0.25) is 0 Å². The van der Waals surface area contributed by atoms with Crippen molar-refractivity contribution in [1.82, 2.24) is 24.3 Å². The lowest BCUT2D eigenvalue weighted by Gasteiger charge is -2.41. The summed E-state index contributed by atoms with van der Waals surface area (Å²) < 4.78 is 14.2. The lowest BCUT2D eigenvalue weighted by Crippen LogP contribution is -2.55. The largest absolute Gasteiger partial charge is 0.460 e. The van der Waals surface area contributed by atoms with E-state index in [1.54, 1.807) is 16.5 Å². The van der Waals surface area contributed by atoms with E-state index in [1.807, 2.05) is 69.3 Å². The number of imide groups is 1. The van der Waals surface area contributed by atoms with Gasteiger partial charge in [0.15, 0.2) is 0 Å². The minimum absolute atomic E-state index is 0.186. The topological polar surface area (TPSA) is 132 Å². The molecule has 1 unspecified atom stereocenters. The Bertz CT molecular complexity index is 1670. The number of fused-ring (bicyclic) bond motifs is 1. The predicted octanol–water partition coefficient (Wildman–Crippen LogP) is 3.70. The third kappa shape index (κ3) is 8.48. The van der Waals surface area contributed by atoms with Crippen molar-refractivity contribution < 1.29 is 28.7 Å². The van der Waals surface area contributed by atoms with Gasteiger partial charge in [0.2, 0.25) is 11.8 Å². The number of amides is 3. The Kier molecular flexibility index (Phi) is 10.5. The molecule has 1 aromatic heterocycles. The molecule has 2 aromatic carbocycles. The van der Waals surface area contributed by atoms with Gasteiger partial charge in [0.05, 0.1) is 11.0 Å². The van der Waals surface area contributed by atoms with Gasteiger partial charge in [-0.05, 0) is 76.3 Å². The van der Waals surface area contributed by atoms with Crippen LogP contribution < -0.4 is 11.0 Å². The van der Waals surface area contributed by atoms with Crippen molar-refractivity contribution >= 4 is 34.9 Å². The van der Waals surface area contributed by atoms with Gasteiger partial charge in [-0.1, -0.05) is 36.4 Å². The zero-order valence-corrected chi connectivity index (χ0v) is 27.7. The van der Waals surface area contributed by atoms with E-state index in [9.17, 15) is 24.0 Å². The first-order valence-electron chi connectivity index (χ1n) is 16.3. The maximum Gasteiger partial charge on any atom is 0.410 e. The van der Waals surface area contributed by atoms with Crippen molar-refractivity contribution in [3.8, 4) is 0 Å². The number of nitrogens with one attached hydrogen (secondary N) is 1. The lowest BCUT2D eigenvalue weighted by molar-refractivity contribution is -0.155. The number of hydrogen-bond donors (Lipinski definition) is 1. The molecule has 0 bridgehead atoms. The Labute approximate surface area is 274 Å². The molecule has 1 N–H and O–H groups in total. The highest BCUT2D eigenvalue weighted by Crippen LogP contribution is 2.25. The molecule has 47 heavy (non-hydrogen) atoms. The van der Waals surface area contributed by atoms with E-state index in [4.69, 9.17) is 9.47 Å². The first kappa shape index (κ1) is 33.9. The van der Waals surface area contributed by atoms with Gasteiger partial charge < -0.3 is 14.4 Å². The summed E-state index contributed by atoms with van der Waals surface area (Å²) in [5.74, 6) is -1.06. The second-order valence-corrected chi connectivity index (χ2v) is 13.4. The Hall–Kier alpha value is -4.45. The fourth-order valence-electron chi connectivity index (χ4n) is 6.39. The second-order valence-electron chi connectivity index (χ2n) is 13.4. The molecule has 252 valence electrons. The molecular formula is C35H45N5O7. The van der Waals surface area contributed by atoms with Gasteiger partial charge in [0.1, 0.15) is 18.2 Å². The number of esters is 1. The minimum Gasteiger partial charge on any atom is -0.460 e. The van der Waals surface area contributed by atoms with Gasteiger partial charge >= 0.3 is 17.8 Å². The van der Waals surface area contributed by atoms with Crippen LogP contribution in [0.3, 0.4) is 0 Å². The number of nitrogens with zero attached hydrogens (tertiary/aromatic N) is 4. The molecule has 2 aliphatic rings. The van der Waals surface area contributed by atoms with E-state index in [0.717, 1.165) is 36.0 Å². The Morgan fingerprint density at radius 2 is 1.74 bits per heavy atom. The minimum atomic E-state index is -0.715. The zero-order chi connectivity index (χ0) is 33.7. The molecule has 2 atom stereocenters. The molecule has 3 heterocycles. The average molecular weight is 648 g/mol. The van der Waals surface area contributed by atoms with E-state index in [2.05, 4.69) is 10.2 Å². The molecule has 3 amide bonds. The van der Waals surface area contributed by atoms with Gasteiger partial charge in [-0.25, -0.2) is 9.59 Å². The maximum absolute atomic E-state index is 13.2. The SMILES string of the molecule is Cn1c(=O)n(C2CCC(=O)NC2=O)c2ccc(CCCN3CCN(C(=O)OCc4ccccc4)[C@H](CCC(=O)OC(C)(C)C)C3)cc21. The molecule has 2 aliphatic heterocycles. The Morgan fingerprint density at radius 3 is 2.47 bits per heavy atom. The number of piperazine rings is 1. The predicted molar refractivity (Wildman–Crippen MR) is 176 cm³/mol. The Balaban J connectivity index is 1.20. The normalized spacial score (nSPS) is 19.1. The standard InChI is InChI=1S/C35H45N5O7/c1-35(2,3)47-31(42)17-13-26-22-38(19-20-39(26)34(45)46-23-25-9-6-5-7-10-25)18-8-11-24-12-14-27-29(21-24)37(4)33(44)40(27)28-15-16-30(41)36-32(28)43/h5-7,9-10,12,14,21,26,28H,8,11,13,15-20,22-23H2,1-4H3,(H,36,41,43)/t26-,28?/m1/s1. The third-order valence-corrected chi connectivity index (χ3v) is 8.72. The van der Waals surface area contributed by atoms with Crippen LogP contribution >= 0.6 is 0 Å². The number of benzene rings is 2. The van der Waals surface area contributed by atoms with Gasteiger partial charge in [-0.3, -0.25) is 33.7 Å².